The lowest BCUT2D eigenvalue weighted by Crippen LogP contribution is -2.21. The number of nitrogens with two attached hydrogens (primary N) is 2. The number of aliphatic imine (C=N–C) groups is 1. The molecular formula is C10H15N7S. The molecule has 1 heterocycles. The third kappa shape index (κ3) is 5.27. The zero-order chi connectivity index (χ0) is 13.4. The van der Waals surface area contributed by atoms with Gasteiger partial charge in [-0.15, -0.1) is 11.3 Å². The van der Waals surface area contributed by atoms with E-state index < -0.39 is 0 Å². The van der Waals surface area contributed by atoms with Gasteiger partial charge >= 0.3 is 0 Å². The molecule has 18 heavy (non-hydrogen) atoms. The molecule has 0 bridgehead atoms. The van der Waals surface area contributed by atoms with Gasteiger partial charge in [0.15, 0.2) is 12.2 Å². The maximum absolute atomic E-state index is 8.30. The van der Waals surface area contributed by atoms with Crippen LogP contribution in [0.3, 0.4) is 0 Å². The first kappa shape index (κ1) is 13.9. The maximum atomic E-state index is 8.30. The topological polar surface area (TPSA) is 137 Å². The first-order chi connectivity index (χ1) is 8.61. The SMILES string of the molecule is N#CNC(=N)CCCCc1csc(N=C(N)N)n1. The van der Waals surface area contributed by atoms with E-state index in [-0.39, 0.29) is 11.8 Å². The molecule has 0 atom stereocenters. The van der Waals surface area contributed by atoms with Gasteiger partial charge in [0.1, 0.15) is 5.84 Å². The first-order valence-electron chi connectivity index (χ1n) is 5.38. The van der Waals surface area contributed by atoms with Crippen LogP contribution in [-0.4, -0.2) is 16.8 Å². The molecule has 8 heteroatoms. The fraction of sp³-hybridized carbons (Fsp3) is 0.400. The number of amidine groups is 1. The van der Waals surface area contributed by atoms with Gasteiger partial charge in [0.25, 0.3) is 0 Å². The van der Waals surface area contributed by atoms with Gasteiger partial charge in [-0.1, -0.05) is 0 Å². The van der Waals surface area contributed by atoms with Crippen molar-refractivity contribution >= 4 is 28.3 Å². The average Bonchev–Trinajstić information content (AvgIpc) is 2.71. The molecule has 0 aliphatic carbocycles. The second-order valence-electron chi connectivity index (χ2n) is 3.58. The number of aromatic nitrogens is 1. The summed E-state index contributed by atoms with van der Waals surface area (Å²) < 4.78 is 0. The number of thiazole rings is 1. The summed E-state index contributed by atoms with van der Waals surface area (Å²) in [6, 6.07) is 0. The molecule has 0 unspecified atom stereocenters. The highest BCUT2D eigenvalue weighted by molar-refractivity contribution is 7.13. The van der Waals surface area contributed by atoms with Crippen LogP contribution in [0.25, 0.3) is 0 Å². The third-order valence-electron chi connectivity index (χ3n) is 2.08. The molecule has 0 fully saturated rings. The minimum absolute atomic E-state index is 0.00641. The van der Waals surface area contributed by atoms with Gasteiger partial charge in [0.05, 0.1) is 5.69 Å². The van der Waals surface area contributed by atoms with Crippen LogP contribution in [0.1, 0.15) is 25.0 Å². The van der Waals surface area contributed by atoms with Gasteiger partial charge in [0, 0.05) is 11.8 Å². The van der Waals surface area contributed by atoms with E-state index in [1.165, 1.54) is 11.3 Å². The van der Waals surface area contributed by atoms with E-state index in [1.54, 1.807) is 6.19 Å². The highest BCUT2D eigenvalue weighted by atomic mass is 32.1. The lowest BCUT2D eigenvalue weighted by molar-refractivity contribution is 0.743. The van der Waals surface area contributed by atoms with Crippen LogP contribution in [0, 0.1) is 16.9 Å². The number of rotatable bonds is 6. The number of guanidine groups is 1. The van der Waals surface area contributed by atoms with E-state index in [1.807, 2.05) is 5.38 Å². The summed E-state index contributed by atoms with van der Waals surface area (Å²) in [6.45, 7) is 0. The summed E-state index contributed by atoms with van der Waals surface area (Å²) in [5, 5.41) is 20.4. The van der Waals surface area contributed by atoms with E-state index in [9.17, 15) is 0 Å². The summed E-state index contributed by atoms with van der Waals surface area (Å²) in [7, 11) is 0. The number of hydrogen-bond acceptors (Lipinski definition) is 5. The minimum atomic E-state index is 0.00641. The Labute approximate surface area is 109 Å². The molecule has 0 amide bonds. The Hall–Kier alpha value is -2.14. The van der Waals surface area contributed by atoms with Crippen molar-refractivity contribution in [1.82, 2.24) is 10.3 Å². The number of nitrogens with one attached hydrogen (secondary N) is 2. The lowest BCUT2D eigenvalue weighted by atomic mass is 10.1. The van der Waals surface area contributed by atoms with Gasteiger partial charge in [-0.05, 0) is 19.3 Å². The normalized spacial score (nSPS) is 9.50. The molecule has 0 spiro atoms. The largest absolute Gasteiger partial charge is 0.370 e. The Morgan fingerprint density at radius 3 is 3.00 bits per heavy atom. The van der Waals surface area contributed by atoms with Gasteiger partial charge < -0.3 is 11.5 Å². The molecule has 0 aliphatic heterocycles. The molecule has 96 valence electrons. The quantitative estimate of drug-likeness (QED) is 0.198. The monoisotopic (exact) mass is 265 g/mol. The molecule has 7 nitrogen and oxygen atoms in total. The number of hydrogen-bond donors (Lipinski definition) is 4. The second kappa shape index (κ2) is 7.24. The molecule has 0 aromatic carbocycles. The lowest BCUT2D eigenvalue weighted by Gasteiger charge is -1.99. The van der Waals surface area contributed by atoms with E-state index in [0.717, 1.165) is 25.0 Å². The average molecular weight is 265 g/mol. The molecule has 0 radical (unpaired) electrons. The van der Waals surface area contributed by atoms with Crippen LogP contribution in [0.15, 0.2) is 10.4 Å². The van der Waals surface area contributed by atoms with Crippen molar-refractivity contribution < 1.29 is 0 Å². The van der Waals surface area contributed by atoms with Crippen molar-refractivity contribution in [2.75, 3.05) is 0 Å². The van der Waals surface area contributed by atoms with Crippen molar-refractivity contribution in [3.05, 3.63) is 11.1 Å². The Bertz CT molecular complexity index is 467. The van der Waals surface area contributed by atoms with Gasteiger partial charge in [-0.2, -0.15) is 10.3 Å². The fourth-order valence-corrected chi connectivity index (χ4v) is 2.05. The zero-order valence-corrected chi connectivity index (χ0v) is 10.6. The highest BCUT2D eigenvalue weighted by Gasteiger charge is 2.02. The Balaban J connectivity index is 2.28. The van der Waals surface area contributed by atoms with Crippen molar-refractivity contribution in [2.24, 2.45) is 16.5 Å². The van der Waals surface area contributed by atoms with E-state index in [0.29, 0.717) is 11.6 Å². The molecule has 1 aromatic heterocycles. The van der Waals surface area contributed by atoms with Crippen LogP contribution in [0.5, 0.6) is 0 Å². The van der Waals surface area contributed by atoms with Gasteiger partial charge in [-0.3, -0.25) is 10.7 Å². The van der Waals surface area contributed by atoms with Gasteiger partial charge in [-0.25, -0.2) is 4.98 Å². The Morgan fingerprint density at radius 2 is 2.33 bits per heavy atom. The van der Waals surface area contributed by atoms with Crippen LogP contribution < -0.4 is 16.8 Å². The fourth-order valence-electron chi connectivity index (χ4n) is 1.31. The Kier molecular flexibility index (Phi) is 5.60. The first-order valence-corrected chi connectivity index (χ1v) is 6.26. The predicted molar refractivity (Wildman–Crippen MR) is 71.6 cm³/mol. The molecule has 0 aliphatic rings. The number of nitriles is 1. The van der Waals surface area contributed by atoms with Gasteiger partial charge in [0.2, 0.25) is 5.13 Å². The summed E-state index contributed by atoms with van der Waals surface area (Å²) in [5.41, 5.74) is 11.5. The molecular weight excluding hydrogens is 250 g/mol. The summed E-state index contributed by atoms with van der Waals surface area (Å²) in [6.07, 6.45) is 4.85. The number of aryl methyl sites for hydroxylation is 1. The molecule has 0 saturated carbocycles. The van der Waals surface area contributed by atoms with Crippen LogP contribution in [0.4, 0.5) is 5.13 Å². The zero-order valence-electron chi connectivity index (χ0n) is 9.81. The van der Waals surface area contributed by atoms with E-state index in [2.05, 4.69) is 15.3 Å². The van der Waals surface area contributed by atoms with E-state index >= 15 is 0 Å². The summed E-state index contributed by atoms with van der Waals surface area (Å²) >= 11 is 1.39. The highest BCUT2D eigenvalue weighted by Crippen LogP contribution is 2.19. The van der Waals surface area contributed by atoms with Crippen molar-refractivity contribution in [3.8, 4) is 6.19 Å². The van der Waals surface area contributed by atoms with E-state index in [4.69, 9.17) is 22.1 Å². The summed E-state index contributed by atoms with van der Waals surface area (Å²) in [5.74, 6) is 0.254. The molecule has 0 saturated heterocycles. The predicted octanol–water partition coefficient (Wildman–Crippen LogP) is 0.809. The third-order valence-corrected chi connectivity index (χ3v) is 2.86. The van der Waals surface area contributed by atoms with Crippen LogP contribution in [-0.2, 0) is 6.42 Å². The smallest absolute Gasteiger partial charge is 0.212 e. The maximum Gasteiger partial charge on any atom is 0.212 e. The number of nitrogens with zero attached hydrogens (tertiary/aromatic N) is 3. The molecule has 1 rings (SSSR count). The van der Waals surface area contributed by atoms with Crippen LogP contribution >= 0.6 is 11.3 Å². The van der Waals surface area contributed by atoms with Crippen molar-refractivity contribution in [2.45, 2.75) is 25.7 Å². The summed E-state index contributed by atoms with van der Waals surface area (Å²) in [4.78, 5) is 8.11. The van der Waals surface area contributed by atoms with Crippen molar-refractivity contribution in [1.29, 1.82) is 10.7 Å². The van der Waals surface area contributed by atoms with Crippen molar-refractivity contribution in [3.63, 3.8) is 0 Å². The second-order valence-corrected chi connectivity index (χ2v) is 4.42. The Morgan fingerprint density at radius 1 is 1.56 bits per heavy atom. The molecule has 6 N–H and O–H groups in total. The standard InChI is InChI=1S/C10H15N7S/c11-6-15-8(12)4-2-1-3-7-5-18-10(16-7)17-9(13)14/h5H,1-4H2,(H2,12,15)(H4,13,14,16,17). The molecule has 1 aromatic rings. The minimum Gasteiger partial charge on any atom is -0.370 e. The van der Waals surface area contributed by atoms with Crippen LogP contribution in [0.2, 0.25) is 0 Å². The number of unbranched alkanes of at least 4 members (excludes halogenated alkanes) is 1.